The van der Waals surface area contributed by atoms with Crippen LogP contribution in [0.4, 0.5) is 0 Å². The van der Waals surface area contributed by atoms with Crippen LogP contribution in [0.3, 0.4) is 0 Å². The van der Waals surface area contributed by atoms with Gasteiger partial charge in [-0.05, 0) is 24.1 Å². The predicted molar refractivity (Wildman–Crippen MR) is 72.7 cm³/mol. The largest absolute Gasteiger partial charge is 0.508 e. The Bertz CT molecular complexity index is 408. The smallest absolute Gasteiger partial charge is 0.233 e. The average Bonchev–Trinajstić information content (AvgIpc) is 2.31. The van der Waals surface area contributed by atoms with Gasteiger partial charge in [0.05, 0.1) is 6.54 Å². The lowest BCUT2D eigenvalue weighted by molar-refractivity contribution is -0.120. The predicted octanol–water partition coefficient (Wildman–Crippen LogP) is 1.91. The highest BCUT2D eigenvalue weighted by molar-refractivity contribution is 6.30. The van der Waals surface area contributed by atoms with Crippen LogP contribution in [0.1, 0.15) is 19.4 Å². The molecular weight excluding hydrogens is 252 g/mol. The van der Waals surface area contributed by atoms with E-state index in [1.54, 1.807) is 12.1 Å². The molecule has 0 aliphatic rings. The van der Waals surface area contributed by atoms with Crippen LogP contribution < -0.4 is 10.6 Å². The van der Waals surface area contributed by atoms with Gasteiger partial charge in [0.2, 0.25) is 5.91 Å². The summed E-state index contributed by atoms with van der Waals surface area (Å²) in [6.07, 6.45) is 0. The molecule has 1 amide bonds. The fraction of sp³-hybridized carbons (Fsp3) is 0.462. The van der Waals surface area contributed by atoms with Crippen molar-refractivity contribution >= 4 is 17.5 Å². The standard InChI is InChI=1S/C13H19ClN2O2/c1-9(2)6-16-13(18)8-15-7-10-5-11(14)3-4-12(10)17/h3-5,9,15,17H,6-8H2,1-2H3,(H,16,18). The molecule has 3 N–H and O–H groups in total. The summed E-state index contributed by atoms with van der Waals surface area (Å²) in [5, 5.41) is 15.9. The maximum absolute atomic E-state index is 11.4. The minimum atomic E-state index is -0.0507. The maximum atomic E-state index is 11.4. The van der Waals surface area contributed by atoms with Gasteiger partial charge in [-0.3, -0.25) is 4.79 Å². The van der Waals surface area contributed by atoms with Crippen molar-refractivity contribution < 1.29 is 9.90 Å². The van der Waals surface area contributed by atoms with Gasteiger partial charge in [0.15, 0.2) is 0 Å². The normalized spacial score (nSPS) is 10.7. The van der Waals surface area contributed by atoms with E-state index in [9.17, 15) is 9.90 Å². The van der Waals surface area contributed by atoms with Gasteiger partial charge in [0.1, 0.15) is 5.75 Å². The highest BCUT2D eigenvalue weighted by atomic mass is 35.5. The van der Waals surface area contributed by atoms with Gasteiger partial charge in [-0.25, -0.2) is 0 Å². The molecule has 0 radical (unpaired) electrons. The van der Waals surface area contributed by atoms with Crippen LogP contribution in [0.5, 0.6) is 5.75 Å². The minimum absolute atomic E-state index is 0.0507. The van der Waals surface area contributed by atoms with Gasteiger partial charge in [-0.1, -0.05) is 25.4 Å². The van der Waals surface area contributed by atoms with Crippen LogP contribution in [0.25, 0.3) is 0 Å². The molecule has 0 heterocycles. The number of aromatic hydroxyl groups is 1. The van der Waals surface area contributed by atoms with Crippen LogP contribution in [-0.4, -0.2) is 24.1 Å². The Balaban J connectivity index is 2.33. The van der Waals surface area contributed by atoms with E-state index in [-0.39, 0.29) is 18.2 Å². The van der Waals surface area contributed by atoms with Crippen LogP contribution in [0.15, 0.2) is 18.2 Å². The van der Waals surface area contributed by atoms with E-state index in [1.807, 2.05) is 13.8 Å². The molecule has 0 saturated carbocycles. The molecular formula is C13H19ClN2O2. The summed E-state index contributed by atoms with van der Waals surface area (Å²) in [6, 6.07) is 4.84. The maximum Gasteiger partial charge on any atom is 0.233 e. The average molecular weight is 271 g/mol. The lowest BCUT2D eigenvalue weighted by Crippen LogP contribution is -2.35. The Hall–Kier alpha value is -1.26. The highest BCUT2D eigenvalue weighted by Gasteiger charge is 2.04. The number of benzene rings is 1. The summed E-state index contributed by atoms with van der Waals surface area (Å²) in [5.74, 6) is 0.561. The van der Waals surface area contributed by atoms with Gasteiger partial charge in [-0.2, -0.15) is 0 Å². The Morgan fingerprint density at radius 3 is 2.83 bits per heavy atom. The number of carbonyl (C=O) groups is 1. The van der Waals surface area contributed by atoms with Gasteiger partial charge in [0, 0.05) is 23.7 Å². The number of phenols is 1. The van der Waals surface area contributed by atoms with Crippen LogP contribution in [0, 0.1) is 5.92 Å². The van der Waals surface area contributed by atoms with Crippen molar-refractivity contribution in [2.24, 2.45) is 5.92 Å². The molecule has 0 unspecified atom stereocenters. The third kappa shape index (κ3) is 5.38. The van der Waals surface area contributed by atoms with E-state index >= 15 is 0 Å². The molecule has 0 aliphatic carbocycles. The number of rotatable bonds is 6. The molecule has 0 atom stereocenters. The number of nitrogens with one attached hydrogen (secondary N) is 2. The van der Waals surface area contributed by atoms with Crippen molar-refractivity contribution in [1.29, 1.82) is 0 Å². The number of phenolic OH excluding ortho intramolecular Hbond substituents is 1. The first-order valence-corrected chi connectivity index (χ1v) is 6.31. The summed E-state index contributed by atoms with van der Waals surface area (Å²) in [7, 11) is 0. The minimum Gasteiger partial charge on any atom is -0.508 e. The first-order valence-electron chi connectivity index (χ1n) is 5.94. The monoisotopic (exact) mass is 270 g/mol. The highest BCUT2D eigenvalue weighted by Crippen LogP contribution is 2.20. The summed E-state index contributed by atoms with van der Waals surface area (Å²) in [6.45, 7) is 5.37. The molecule has 18 heavy (non-hydrogen) atoms. The Morgan fingerprint density at radius 1 is 1.44 bits per heavy atom. The fourth-order valence-electron chi connectivity index (χ4n) is 1.39. The van der Waals surface area contributed by atoms with E-state index in [4.69, 9.17) is 11.6 Å². The zero-order valence-electron chi connectivity index (χ0n) is 10.7. The number of hydrogen-bond acceptors (Lipinski definition) is 3. The summed E-state index contributed by atoms with van der Waals surface area (Å²) < 4.78 is 0. The third-order valence-electron chi connectivity index (χ3n) is 2.35. The molecule has 1 rings (SSSR count). The van der Waals surface area contributed by atoms with Crippen LogP contribution in [-0.2, 0) is 11.3 Å². The second-order valence-electron chi connectivity index (χ2n) is 4.57. The van der Waals surface area contributed by atoms with Gasteiger partial charge >= 0.3 is 0 Å². The molecule has 1 aromatic rings. The zero-order valence-corrected chi connectivity index (χ0v) is 11.4. The number of hydrogen-bond donors (Lipinski definition) is 3. The van der Waals surface area contributed by atoms with E-state index in [0.717, 1.165) is 0 Å². The second kappa shape index (κ2) is 7.24. The summed E-state index contributed by atoms with van der Waals surface area (Å²) >= 11 is 5.82. The summed E-state index contributed by atoms with van der Waals surface area (Å²) in [4.78, 5) is 11.4. The molecule has 4 nitrogen and oxygen atoms in total. The van der Waals surface area contributed by atoms with Gasteiger partial charge < -0.3 is 15.7 Å². The van der Waals surface area contributed by atoms with Crippen molar-refractivity contribution in [3.8, 4) is 5.75 Å². The lowest BCUT2D eigenvalue weighted by atomic mass is 10.2. The van der Waals surface area contributed by atoms with Gasteiger partial charge in [-0.15, -0.1) is 0 Å². The van der Waals surface area contributed by atoms with Crippen LogP contribution in [0.2, 0.25) is 5.02 Å². The van der Waals surface area contributed by atoms with E-state index in [0.29, 0.717) is 29.6 Å². The van der Waals surface area contributed by atoms with Crippen molar-refractivity contribution in [3.63, 3.8) is 0 Å². The zero-order chi connectivity index (χ0) is 13.5. The number of carbonyl (C=O) groups excluding carboxylic acids is 1. The molecule has 0 bridgehead atoms. The van der Waals surface area contributed by atoms with E-state index in [2.05, 4.69) is 10.6 Å². The molecule has 100 valence electrons. The van der Waals surface area contributed by atoms with Crippen molar-refractivity contribution in [2.75, 3.05) is 13.1 Å². The van der Waals surface area contributed by atoms with Crippen molar-refractivity contribution in [2.45, 2.75) is 20.4 Å². The lowest BCUT2D eigenvalue weighted by Gasteiger charge is -2.09. The third-order valence-corrected chi connectivity index (χ3v) is 2.59. The number of halogens is 1. The molecule has 0 aromatic heterocycles. The molecule has 5 heteroatoms. The SMILES string of the molecule is CC(C)CNC(=O)CNCc1cc(Cl)ccc1O. The van der Waals surface area contributed by atoms with Crippen molar-refractivity contribution in [3.05, 3.63) is 28.8 Å². The Labute approximate surface area is 112 Å². The van der Waals surface area contributed by atoms with Gasteiger partial charge in [0.25, 0.3) is 0 Å². The van der Waals surface area contributed by atoms with E-state index < -0.39 is 0 Å². The second-order valence-corrected chi connectivity index (χ2v) is 5.01. The summed E-state index contributed by atoms with van der Waals surface area (Å²) in [5.41, 5.74) is 0.680. The molecule has 0 spiro atoms. The van der Waals surface area contributed by atoms with Crippen LogP contribution >= 0.6 is 11.6 Å². The molecule has 0 saturated heterocycles. The Kier molecular flexibility index (Phi) is 5.95. The molecule has 0 fully saturated rings. The topological polar surface area (TPSA) is 61.4 Å². The Morgan fingerprint density at radius 2 is 2.17 bits per heavy atom. The number of amides is 1. The molecule has 1 aromatic carbocycles. The fourth-order valence-corrected chi connectivity index (χ4v) is 1.58. The molecule has 0 aliphatic heterocycles. The first kappa shape index (κ1) is 14.8. The van der Waals surface area contributed by atoms with E-state index in [1.165, 1.54) is 6.07 Å². The quantitative estimate of drug-likeness (QED) is 0.740. The van der Waals surface area contributed by atoms with Crippen molar-refractivity contribution in [1.82, 2.24) is 10.6 Å². The first-order chi connectivity index (χ1) is 8.49.